The largest absolute Gasteiger partial charge is 0.303 e. The van der Waals surface area contributed by atoms with Crippen molar-refractivity contribution >= 4 is 27.5 Å². The van der Waals surface area contributed by atoms with Gasteiger partial charge in [0.25, 0.3) is 0 Å². The molecule has 0 fully saturated rings. The number of benzene rings is 1. The molecule has 0 aliphatic heterocycles. The fraction of sp³-hybridized carbons (Fsp3) is 0.455. The third kappa shape index (κ3) is 2.97. The van der Waals surface area contributed by atoms with Gasteiger partial charge in [0.15, 0.2) is 0 Å². The van der Waals surface area contributed by atoms with Gasteiger partial charge in [-0.25, -0.2) is 0 Å². The lowest BCUT2D eigenvalue weighted by molar-refractivity contribution is 0.487. The molecule has 3 heteroatoms. The van der Waals surface area contributed by atoms with E-state index in [1.54, 1.807) is 0 Å². The summed E-state index contributed by atoms with van der Waals surface area (Å²) in [5, 5.41) is 3.16. The molecule has 0 bridgehead atoms. The van der Waals surface area contributed by atoms with E-state index in [0.717, 1.165) is 11.0 Å². The van der Waals surface area contributed by atoms with Crippen molar-refractivity contribution in [2.75, 3.05) is 12.5 Å². The molecule has 0 radical (unpaired) electrons. The van der Waals surface area contributed by atoms with Gasteiger partial charge in [0.2, 0.25) is 0 Å². The first kappa shape index (κ1) is 12.0. The van der Waals surface area contributed by atoms with Gasteiger partial charge in [0.05, 0.1) is 6.00 Å². The van der Waals surface area contributed by atoms with Crippen molar-refractivity contribution in [3.05, 3.63) is 34.3 Å². The van der Waals surface area contributed by atoms with Crippen LogP contribution in [0.4, 0.5) is 0 Å². The van der Waals surface area contributed by atoms with Crippen LogP contribution in [0.25, 0.3) is 0 Å². The van der Waals surface area contributed by atoms with Gasteiger partial charge < -0.3 is 5.32 Å². The number of hydrogen-bond donors (Lipinski definition) is 1. The topological polar surface area (TPSA) is 12.0 Å². The smallest absolute Gasteiger partial charge is 0.0713 e. The molecule has 0 heterocycles. The highest BCUT2D eigenvalue weighted by molar-refractivity contribution is 9.10. The summed E-state index contributed by atoms with van der Waals surface area (Å²) in [6.45, 7) is 5.28. The fourth-order valence-corrected chi connectivity index (χ4v) is 2.38. The van der Waals surface area contributed by atoms with E-state index in [1.165, 1.54) is 5.56 Å². The summed E-state index contributed by atoms with van der Waals surface area (Å²) in [7, 11) is 0. The second-order valence-corrected chi connectivity index (χ2v) is 5.05. The average molecular weight is 277 g/mol. The highest BCUT2D eigenvalue weighted by atomic mass is 79.9. The Labute approximate surface area is 99.0 Å². The van der Waals surface area contributed by atoms with Crippen LogP contribution in [0, 0.1) is 0 Å². The summed E-state index contributed by atoms with van der Waals surface area (Å²) < 4.78 is 1.15. The Morgan fingerprint density at radius 1 is 1.36 bits per heavy atom. The van der Waals surface area contributed by atoms with Crippen LogP contribution in [0.15, 0.2) is 28.7 Å². The zero-order chi connectivity index (χ0) is 10.6. The van der Waals surface area contributed by atoms with E-state index in [9.17, 15) is 0 Å². The zero-order valence-corrected chi connectivity index (χ0v) is 10.8. The quantitative estimate of drug-likeness (QED) is 0.655. The van der Waals surface area contributed by atoms with Gasteiger partial charge in [0.1, 0.15) is 0 Å². The first-order chi connectivity index (χ1) is 6.58. The first-order valence-corrected chi connectivity index (χ1v) is 5.92. The molecule has 0 saturated carbocycles. The summed E-state index contributed by atoms with van der Waals surface area (Å²) in [5.41, 5.74) is 1.40. The molecule has 78 valence electrons. The van der Waals surface area contributed by atoms with Crippen molar-refractivity contribution in [2.24, 2.45) is 0 Å². The van der Waals surface area contributed by atoms with Gasteiger partial charge in [-0.1, -0.05) is 48.0 Å². The van der Waals surface area contributed by atoms with E-state index in [0.29, 0.717) is 6.00 Å². The second-order valence-electron chi connectivity index (χ2n) is 3.92. The van der Waals surface area contributed by atoms with E-state index in [-0.39, 0.29) is 5.41 Å². The monoisotopic (exact) mass is 275 g/mol. The summed E-state index contributed by atoms with van der Waals surface area (Å²) in [4.78, 5) is 0. The van der Waals surface area contributed by atoms with Crippen LogP contribution in [0.1, 0.15) is 19.4 Å². The van der Waals surface area contributed by atoms with Crippen molar-refractivity contribution in [2.45, 2.75) is 19.3 Å². The Kier molecular flexibility index (Phi) is 4.42. The summed E-state index contributed by atoms with van der Waals surface area (Å²) in [6.07, 6.45) is 0. The molecule has 0 aliphatic rings. The molecule has 0 saturated heterocycles. The molecular weight excluding hydrogens is 261 g/mol. The van der Waals surface area contributed by atoms with Crippen LogP contribution in [0.3, 0.4) is 0 Å². The molecule has 1 N–H and O–H groups in total. The lowest BCUT2D eigenvalue weighted by Crippen LogP contribution is -2.32. The van der Waals surface area contributed by atoms with Gasteiger partial charge in [-0.05, 0) is 11.6 Å². The molecule has 14 heavy (non-hydrogen) atoms. The second kappa shape index (κ2) is 5.15. The maximum atomic E-state index is 5.61. The summed E-state index contributed by atoms with van der Waals surface area (Å²) in [5.74, 6) is 0. The lowest BCUT2D eigenvalue weighted by Gasteiger charge is -2.26. The minimum Gasteiger partial charge on any atom is -0.303 e. The SMILES string of the molecule is CC(C)(CNCCl)c1ccccc1Br. The minimum absolute atomic E-state index is 0.0922. The van der Waals surface area contributed by atoms with Gasteiger partial charge >= 0.3 is 0 Å². The van der Waals surface area contributed by atoms with Gasteiger partial charge in [-0.15, -0.1) is 11.6 Å². The predicted molar refractivity (Wildman–Crippen MR) is 65.9 cm³/mol. The zero-order valence-electron chi connectivity index (χ0n) is 8.48. The van der Waals surface area contributed by atoms with Gasteiger partial charge in [-0.3, -0.25) is 0 Å². The van der Waals surface area contributed by atoms with Crippen LogP contribution in [-0.2, 0) is 5.41 Å². The third-order valence-corrected chi connectivity index (χ3v) is 3.14. The highest BCUT2D eigenvalue weighted by Gasteiger charge is 2.21. The number of halogens is 2. The molecule has 1 rings (SSSR count). The van der Waals surface area contributed by atoms with Gasteiger partial charge in [0, 0.05) is 16.4 Å². The average Bonchev–Trinajstić information content (AvgIpc) is 2.15. The Hall–Kier alpha value is -0.0500. The highest BCUT2D eigenvalue weighted by Crippen LogP contribution is 2.29. The van der Waals surface area contributed by atoms with Crippen LogP contribution in [0.2, 0.25) is 0 Å². The standard InChI is InChI=1S/C11H15BrClN/c1-11(2,7-14-8-13)9-5-3-4-6-10(9)12/h3-6,14H,7-8H2,1-2H3. The number of alkyl halides is 1. The van der Waals surface area contributed by atoms with Crippen LogP contribution in [-0.4, -0.2) is 12.5 Å². The molecule has 1 aromatic rings. The molecule has 0 amide bonds. The Morgan fingerprint density at radius 2 is 2.00 bits per heavy atom. The predicted octanol–water partition coefficient (Wildman–Crippen LogP) is 3.51. The molecule has 0 spiro atoms. The molecular formula is C11H15BrClN. The van der Waals surface area contributed by atoms with Crippen LogP contribution in [0.5, 0.6) is 0 Å². The Bertz CT molecular complexity index is 299. The summed E-state index contributed by atoms with van der Waals surface area (Å²) in [6, 6.07) is 8.78. The minimum atomic E-state index is 0.0922. The molecule has 1 nitrogen and oxygen atoms in total. The number of nitrogens with one attached hydrogen (secondary N) is 1. The van der Waals surface area contributed by atoms with Crippen molar-refractivity contribution in [1.82, 2.24) is 5.32 Å². The van der Waals surface area contributed by atoms with Gasteiger partial charge in [-0.2, -0.15) is 0 Å². The number of hydrogen-bond acceptors (Lipinski definition) is 1. The third-order valence-electron chi connectivity index (χ3n) is 2.26. The van der Waals surface area contributed by atoms with E-state index >= 15 is 0 Å². The summed E-state index contributed by atoms with van der Waals surface area (Å²) >= 11 is 9.18. The van der Waals surface area contributed by atoms with E-state index in [1.807, 2.05) is 6.07 Å². The normalized spacial score (nSPS) is 11.7. The van der Waals surface area contributed by atoms with Crippen molar-refractivity contribution in [1.29, 1.82) is 0 Å². The van der Waals surface area contributed by atoms with Crippen molar-refractivity contribution < 1.29 is 0 Å². The van der Waals surface area contributed by atoms with E-state index in [4.69, 9.17) is 11.6 Å². The van der Waals surface area contributed by atoms with E-state index in [2.05, 4.69) is 53.3 Å². The Morgan fingerprint density at radius 3 is 2.57 bits per heavy atom. The van der Waals surface area contributed by atoms with Crippen molar-refractivity contribution in [3.8, 4) is 0 Å². The van der Waals surface area contributed by atoms with E-state index < -0.39 is 0 Å². The molecule has 0 aliphatic carbocycles. The molecule has 0 aromatic heterocycles. The maximum Gasteiger partial charge on any atom is 0.0713 e. The lowest BCUT2D eigenvalue weighted by atomic mass is 9.85. The maximum absolute atomic E-state index is 5.61. The van der Waals surface area contributed by atoms with Crippen molar-refractivity contribution in [3.63, 3.8) is 0 Å². The molecule has 1 aromatic carbocycles. The molecule has 0 atom stereocenters. The first-order valence-electron chi connectivity index (χ1n) is 4.59. The fourth-order valence-electron chi connectivity index (χ4n) is 1.47. The molecule has 0 unspecified atom stereocenters. The number of rotatable bonds is 4. The van der Waals surface area contributed by atoms with Crippen LogP contribution >= 0.6 is 27.5 Å². The van der Waals surface area contributed by atoms with Crippen LogP contribution < -0.4 is 5.32 Å². The Balaban J connectivity index is 2.86.